The van der Waals surface area contributed by atoms with Gasteiger partial charge in [0.15, 0.2) is 0 Å². The minimum atomic E-state index is -0.0869. The first-order valence-corrected chi connectivity index (χ1v) is 5.25. The first-order chi connectivity index (χ1) is 7.90. The quantitative estimate of drug-likeness (QED) is 0.832. The minimum Gasteiger partial charge on any atom is -0.472 e. The smallest absolute Gasteiger partial charge is 0.134 e. The standard InChI is InChI=1S/C13H15NO2.ClH/c1-14-13(12-5-3-2-4-6-12)16-10-11-7-8-15-9-11;/h2-9,13-14H,10H2,1H3;1H. The third kappa shape index (κ3) is 3.89. The Labute approximate surface area is 107 Å². The summed E-state index contributed by atoms with van der Waals surface area (Å²) in [6.07, 6.45) is 3.25. The van der Waals surface area contributed by atoms with Gasteiger partial charge < -0.3 is 9.15 Å². The second-order valence-electron chi connectivity index (χ2n) is 3.52. The number of nitrogens with one attached hydrogen (secondary N) is 1. The number of rotatable bonds is 5. The number of benzene rings is 1. The van der Waals surface area contributed by atoms with Crippen molar-refractivity contribution in [3.8, 4) is 0 Å². The van der Waals surface area contributed by atoms with E-state index in [-0.39, 0.29) is 18.6 Å². The van der Waals surface area contributed by atoms with Crippen LogP contribution in [0.1, 0.15) is 17.4 Å². The van der Waals surface area contributed by atoms with Crippen molar-refractivity contribution in [2.45, 2.75) is 12.8 Å². The van der Waals surface area contributed by atoms with Crippen molar-refractivity contribution in [2.24, 2.45) is 0 Å². The monoisotopic (exact) mass is 253 g/mol. The molecule has 4 heteroatoms. The van der Waals surface area contributed by atoms with E-state index in [0.29, 0.717) is 6.61 Å². The molecule has 2 aromatic rings. The number of hydrogen-bond donors (Lipinski definition) is 1. The van der Waals surface area contributed by atoms with Gasteiger partial charge in [-0.15, -0.1) is 12.4 Å². The maximum Gasteiger partial charge on any atom is 0.134 e. The maximum absolute atomic E-state index is 5.75. The van der Waals surface area contributed by atoms with Crippen LogP contribution in [0, 0.1) is 0 Å². The normalized spacial score (nSPS) is 11.8. The van der Waals surface area contributed by atoms with Crippen LogP contribution >= 0.6 is 12.4 Å². The third-order valence-corrected chi connectivity index (χ3v) is 2.36. The fourth-order valence-corrected chi connectivity index (χ4v) is 1.53. The average molecular weight is 254 g/mol. The predicted octanol–water partition coefficient (Wildman–Crippen LogP) is 3.14. The topological polar surface area (TPSA) is 34.4 Å². The summed E-state index contributed by atoms with van der Waals surface area (Å²) in [5.74, 6) is 0. The Kier molecular flexibility index (Phi) is 5.77. The highest BCUT2D eigenvalue weighted by atomic mass is 35.5. The van der Waals surface area contributed by atoms with Crippen LogP contribution in [0.2, 0.25) is 0 Å². The molecule has 0 aliphatic heterocycles. The molecule has 0 aliphatic rings. The van der Waals surface area contributed by atoms with Gasteiger partial charge in [0.2, 0.25) is 0 Å². The van der Waals surface area contributed by atoms with Gasteiger partial charge in [-0.25, -0.2) is 0 Å². The Bertz CT molecular complexity index is 403. The zero-order valence-corrected chi connectivity index (χ0v) is 10.4. The predicted molar refractivity (Wildman–Crippen MR) is 69.0 cm³/mol. The molecule has 0 saturated heterocycles. The van der Waals surface area contributed by atoms with Crippen LogP contribution in [0.5, 0.6) is 0 Å². The van der Waals surface area contributed by atoms with E-state index in [9.17, 15) is 0 Å². The van der Waals surface area contributed by atoms with Gasteiger partial charge in [-0.05, 0) is 18.7 Å². The second kappa shape index (κ2) is 7.12. The second-order valence-corrected chi connectivity index (χ2v) is 3.52. The first kappa shape index (κ1) is 13.8. The van der Waals surface area contributed by atoms with Crippen LogP contribution in [-0.2, 0) is 11.3 Å². The van der Waals surface area contributed by atoms with E-state index in [1.165, 1.54) is 0 Å². The summed E-state index contributed by atoms with van der Waals surface area (Å²) in [5, 5.41) is 3.13. The number of ether oxygens (including phenoxy) is 1. The molecule has 0 radical (unpaired) electrons. The molecule has 0 amide bonds. The molecule has 1 aromatic heterocycles. The van der Waals surface area contributed by atoms with Crippen molar-refractivity contribution in [1.82, 2.24) is 5.32 Å². The highest BCUT2D eigenvalue weighted by Crippen LogP contribution is 2.15. The summed E-state index contributed by atoms with van der Waals surface area (Å²) in [6, 6.07) is 12.0. The van der Waals surface area contributed by atoms with E-state index in [2.05, 4.69) is 5.32 Å². The van der Waals surface area contributed by atoms with Crippen molar-refractivity contribution in [1.29, 1.82) is 0 Å². The van der Waals surface area contributed by atoms with Crippen LogP contribution in [-0.4, -0.2) is 7.05 Å². The molecule has 0 saturated carbocycles. The third-order valence-electron chi connectivity index (χ3n) is 2.36. The summed E-state index contributed by atoms with van der Waals surface area (Å²) in [4.78, 5) is 0. The van der Waals surface area contributed by atoms with Gasteiger partial charge in [-0.1, -0.05) is 30.3 Å². The largest absolute Gasteiger partial charge is 0.472 e. The van der Waals surface area contributed by atoms with Gasteiger partial charge in [0.1, 0.15) is 6.23 Å². The summed E-state index contributed by atoms with van der Waals surface area (Å²) in [5.41, 5.74) is 2.16. The van der Waals surface area contributed by atoms with Gasteiger partial charge in [0, 0.05) is 5.56 Å². The summed E-state index contributed by atoms with van der Waals surface area (Å²) in [7, 11) is 1.88. The molecule has 2 rings (SSSR count). The lowest BCUT2D eigenvalue weighted by atomic mass is 10.2. The highest BCUT2D eigenvalue weighted by molar-refractivity contribution is 5.85. The Morgan fingerprint density at radius 3 is 2.59 bits per heavy atom. The van der Waals surface area contributed by atoms with Gasteiger partial charge >= 0.3 is 0 Å². The number of halogens is 1. The van der Waals surface area contributed by atoms with E-state index >= 15 is 0 Å². The van der Waals surface area contributed by atoms with Crippen molar-refractivity contribution < 1.29 is 9.15 Å². The number of hydrogen-bond acceptors (Lipinski definition) is 3. The Balaban J connectivity index is 0.00000144. The van der Waals surface area contributed by atoms with Gasteiger partial charge in [-0.2, -0.15) is 0 Å². The molecule has 1 N–H and O–H groups in total. The van der Waals surface area contributed by atoms with Crippen molar-refractivity contribution in [2.75, 3.05) is 7.05 Å². The molecule has 92 valence electrons. The van der Waals surface area contributed by atoms with E-state index in [0.717, 1.165) is 11.1 Å². The molecule has 0 fully saturated rings. The van der Waals surface area contributed by atoms with Crippen LogP contribution < -0.4 is 5.32 Å². The van der Waals surface area contributed by atoms with Gasteiger partial charge in [0.25, 0.3) is 0 Å². The van der Waals surface area contributed by atoms with Crippen molar-refractivity contribution in [3.63, 3.8) is 0 Å². The molecule has 1 atom stereocenters. The molecule has 3 nitrogen and oxygen atoms in total. The minimum absolute atomic E-state index is 0. The van der Waals surface area contributed by atoms with E-state index < -0.39 is 0 Å². The highest BCUT2D eigenvalue weighted by Gasteiger charge is 2.08. The molecule has 0 aliphatic carbocycles. The van der Waals surface area contributed by atoms with Crippen LogP contribution in [0.3, 0.4) is 0 Å². The van der Waals surface area contributed by atoms with Crippen molar-refractivity contribution >= 4 is 12.4 Å². The lowest BCUT2D eigenvalue weighted by molar-refractivity contribution is 0.0212. The first-order valence-electron chi connectivity index (χ1n) is 5.25. The number of furan rings is 1. The molecular formula is C13H16ClNO2. The molecular weight excluding hydrogens is 238 g/mol. The molecule has 0 spiro atoms. The lowest BCUT2D eigenvalue weighted by Gasteiger charge is -2.16. The van der Waals surface area contributed by atoms with E-state index in [4.69, 9.17) is 9.15 Å². The van der Waals surface area contributed by atoms with E-state index in [1.54, 1.807) is 12.5 Å². The molecule has 1 aromatic carbocycles. The zero-order valence-electron chi connectivity index (χ0n) is 9.63. The maximum atomic E-state index is 5.75. The molecule has 1 heterocycles. The molecule has 0 bridgehead atoms. The average Bonchev–Trinajstić information content (AvgIpc) is 2.84. The summed E-state index contributed by atoms with van der Waals surface area (Å²) >= 11 is 0. The fourth-order valence-electron chi connectivity index (χ4n) is 1.53. The van der Waals surface area contributed by atoms with Crippen LogP contribution in [0.25, 0.3) is 0 Å². The zero-order chi connectivity index (χ0) is 11.2. The summed E-state index contributed by atoms with van der Waals surface area (Å²) in [6.45, 7) is 0.539. The summed E-state index contributed by atoms with van der Waals surface area (Å²) < 4.78 is 10.7. The molecule has 17 heavy (non-hydrogen) atoms. The van der Waals surface area contributed by atoms with Crippen LogP contribution in [0.15, 0.2) is 53.3 Å². The Morgan fingerprint density at radius 1 is 1.24 bits per heavy atom. The van der Waals surface area contributed by atoms with Crippen molar-refractivity contribution in [3.05, 3.63) is 60.1 Å². The Morgan fingerprint density at radius 2 is 2.00 bits per heavy atom. The van der Waals surface area contributed by atoms with Gasteiger partial charge in [-0.3, -0.25) is 5.32 Å². The van der Waals surface area contributed by atoms with Crippen LogP contribution in [0.4, 0.5) is 0 Å². The lowest BCUT2D eigenvalue weighted by Crippen LogP contribution is -2.19. The van der Waals surface area contributed by atoms with E-state index in [1.807, 2.05) is 43.4 Å². The fraction of sp³-hybridized carbons (Fsp3) is 0.231. The molecule has 1 unspecified atom stereocenters. The Hall–Kier alpha value is -1.29. The van der Waals surface area contributed by atoms with Gasteiger partial charge in [0.05, 0.1) is 19.1 Å². The SMILES string of the molecule is CNC(OCc1ccoc1)c1ccccc1.Cl.